The quantitative estimate of drug-likeness (QED) is 0.401. The summed E-state index contributed by atoms with van der Waals surface area (Å²) < 4.78 is 39.5. The van der Waals surface area contributed by atoms with Crippen molar-refractivity contribution in [2.24, 2.45) is 0 Å². The predicted octanol–water partition coefficient (Wildman–Crippen LogP) is 3.37. The van der Waals surface area contributed by atoms with Gasteiger partial charge in [-0.3, -0.25) is 13.9 Å². The number of anilines is 1. The SMILES string of the molecule is CNC(=O)[C@H](C)N(Cc1cccc(OC)c1)C(=O)CN(c1cc(C)ccc1OC)S(=O)(=O)c1ccccc1. The number of carbonyl (C=O) groups is 2. The molecule has 0 fully saturated rings. The fraction of sp³-hybridized carbons (Fsp3) is 0.286. The highest BCUT2D eigenvalue weighted by atomic mass is 32.2. The Morgan fingerprint density at radius 2 is 1.66 bits per heavy atom. The topological polar surface area (TPSA) is 105 Å². The molecule has 10 heteroatoms. The van der Waals surface area contributed by atoms with E-state index in [-0.39, 0.29) is 23.0 Å². The van der Waals surface area contributed by atoms with Crippen LogP contribution >= 0.6 is 0 Å². The number of amides is 2. The summed E-state index contributed by atoms with van der Waals surface area (Å²) in [7, 11) is 0.276. The van der Waals surface area contributed by atoms with Crippen molar-refractivity contribution in [1.29, 1.82) is 0 Å². The van der Waals surface area contributed by atoms with E-state index in [0.717, 1.165) is 15.4 Å². The highest BCUT2D eigenvalue weighted by Crippen LogP contribution is 2.33. The second-order valence-electron chi connectivity index (χ2n) is 8.66. The third-order valence-corrected chi connectivity index (χ3v) is 7.89. The van der Waals surface area contributed by atoms with Crippen LogP contribution in [0.5, 0.6) is 11.5 Å². The van der Waals surface area contributed by atoms with E-state index in [1.807, 2.05) is 6.92 Å². The third kappa shape index (κ3) is 6.44. The molecule has 1 atom stereocenters. The number of nitrogens with one attached hydrogen (secondary N) is 1. The smallest absolute Gasteiger partial charge is 0.264 e. The molecule has 0 bridgehead atoms. The number of sulfonamides is 1. The zero-order valence-corrected chi connectivity index (χ0v) is 23.0. The molecule has 38 heavy (non-hydrogen) atoms. The average Bonchev–Trinajstić information content (AvgIpc) is 2.94. The zero-order valence-electron chi connectivity index (χ0n) is 22.2. The van der Waals surface area contributed by atoms with Crippen molar-refractivity contribution in [3.63, 3.8) is 0 Å². The Hall–Kier alpha value is -4.05. The molecule has 0 heterocycles. The highest BCUT2D eigenvalue weighted by Gasteiger charge is 2.33. The van der Waals surface area contributed by atoms with Crippen molar-refractivity contribution < 1.29 is 27.5 Å². The van der Waals surface area contributed by atoms with Gasteiger partial charge < -0.3 is 19.7 Å². The van der Waals surface area contributed by atoms with E-state index in [1.54, 1.807) is 67.6 Å². The van der Waals surface area contributed by atoms with Crippen LogP contribution in [-0.4, -0.2) is 59.0 Å². The lowest BCUT2D eigenvalue weighted by molar-refractivity contribution is -0.139. The van der Waals surface area contributed by atoms with Gasteiger partial charge in [-0.1, -0.05) is 36.4 Å². The van der Waals surface area contributed by atoms with Gasteiger partial charge in [-0.2, -0.15) is 0 Å². The lowest BCUT2D eigenvalue weighted by atomic mass is 10.1. The van der Waals surface area contributed by atoms with Gasteiger partial charge in [0, 0.05) is 13.6 Å². The van der Waals surface area contributed by atoms with Crippen LogP contribution in [0.3, 0.4) is 0 Å². The van der Waals surface area contributed by atoms with Crippen LogP contribution in [0.25, 0.3) is 0 Å². The lowest BCUT2D eigenvalue weighted by Gasteiger charge is -2.32. The van der Waals surface area contributed by atoms with E-state index in [9.17, 15) is 18.0 Å². The maximum atomic E-state index is 13.9. The van der Waals surface area contributed by atoms with Gasteiger partial charge in [-0.25, -0.2) is 8.42 Å². The second-order valence-corrected chi connectivity index (χ2v) is 10.5. The largest absolute Gasteiger partial charge is 0.497 e. The van der Waals surface area contributed by atoms with Gasteiger partial charge in [-0.05, 0) is 61.4 Å². The highest BCUT2D eigenvalue weighted by molar-refractivity contribution is 7.92. The van der Waals surface area contributed by atoms with E-state index in [4.69, 9.17) is 9.47 Å². The Morgan fingerprint density at radius 1 is 0.947 bits per heavy atom. The van der Waals surface area contributed by atoms with Crippen molar-refractivity contribution in [2.75, 3.05) is 32.1 Å². The first-order chi connectivity index (χ1) is 18.1. The molecule has 0 aromatic heterocycles. The summed E-state index contributed by atoms with van der Waals surface area (Å²) in [4.78, 5) is 27.9. The van der Waals surface area contributed by atoms with Crippen LogP contribution in [-0.2, 0) is 26.2 Å². The van der Waals surface area contributed by atoms with E-state index in [2.05, 4.69) is 5.32 Å². The number of aryl methyl sites for hydroxylation is 1. The molecule has 0 saturated heterocycles. The molecule has 0 saturated carbocycles. The summed E-state index contributed by atoms with van der Waals surface area (Å²) >= 11 is 0. The standard InChI is InChI=1S/C28H33N3O6S/c1-20-14-15-26(37-5)25(16-20)31(38(34,35)24-12-7-6-8-13-24)19-27(32)30(21(2)28(33)29-3)18-22-10-9-11-23(17-22)36-4/h6-17,21H,18-19H2,1-5H3,(H,29,33)/t21-/m0/s1. The van der Waals surface area contributed by atoms with E-state index in [0.29, 0.717) is 11.5 Å². The van der Waals surface area contributed by atoms with Crippen LogP contribution < -0.4 is 19.1 Å². The second kappa shape index (κ2) is 12.5. The molecule has 2 amide bonds. The van der Waals surface area contributed by atoms with Gasteiger partial charge in [0.25, 0.3) is 10.0 Å². The van der Waals surface area contributed by atoms with Crippen LogP contribution in [0.15, 0.2) is 77.7 Å². The number of nitrogens with zero attached hydrogens (tertiary/aromatic N) is 2. The first-order valence-corrected chi connectivity index (χ1v) is 13.4. The number of hydrogen-bond acceptors (Lipinski definition) is 6. The zero-order chi connectivity index (χ0) is 27.9. The lowest BCUT2D eigenvalue weighted by Crippen LogP contribution is -2.50. The minimum Gasteiger partial charge on any atom is -0.497 e. The molecule has 3 rings (SSSR count). The van der Waals surface area contributed by atoms with Gasteiger partial charge in [-0.15, -0.1) is 0 Å². The van der Waals surface area contributed by atoms with Crippen LogP contribution in [0, 0.1) is 6.92 Å². The number of methoxy groups -OCH3 is 2. The first-order valence-electron chi connectivity index (χ1n) is 12.0. The molecule has 0 aliphatic carbocycles. The maximum absolute atomic E-state index is 13.9. The van der Waals surface area contributed by atoms with Crippen LogP contribution in [0.4, 0.5) is 5.69 Å². The minimum absolute atomic E-state index is 0.0232. The summed E-state index contributed by atoms with van der Waals surface area (Å²) in [6.07, 6.45) is 0. The summed E-state index contributed by atoms with van der Waals surface area (Å²) in [5.74, 6) is -0.0549. The molecule has 0 unspecified atom stereocenters. The van der Waals surface area contributed by atoms with Crippen LogP contribution in [0.2, 0.25) is 0 Å². The van der Waals surface area contributed by atoms with Crippen molar-refractivity contribution >= 4 is 27.5 Å². The van der Waals surface area contributed by atoms with Crippen molar-refractivity contribution in [3.8, 4) is 11.5 Å². The number of carbonyl (C=O) groups excluding carboxylic acids is 2. The van der Waals surface area contributed by atoms with Crippen molar-refractivity contribution in [3.05, 3.63) is 83.9 Å². The molecule has 3 aromatic carbocycles. The Bertz CT molecular complexity index is 1380. The minimum atomic E-state index is -4.18. The number of hydrogen-bond donors (Lipinski definition) is 1. The Balaban J connectivity index is 2.09. The molecular weight excluding hydrogens is 506 g/mol. The Morgan fingerprint density at radius 3 is 2.29 bits per heavy atom. The molecule has 0 aliphatic heterocycles. The summed E-state index contributed by atoms with van der Waals surface area (Å²) in [6, 6.07) is 19.2. The Labute approximate surface area is 224 Å². The molecular formula is C28H33N3O6S. The fourth-order valence-electron chi connectivity index (χ4n) is 3.99. The van der Waals surface area contributed by atoms with Gasteiger partial charge in [0.15, 0.2) is 0 Å². The summed E-state index contributed by atoms with van der Waals surface area (Å²) in [5.41, 5.74) is 1.73. The van der Waals surface area contributed by atoms with E-state index in [1.165, 1.54) is 38.3 Å². The number of likely N-dealkylation sites (N-methyl/N-ethyl adjacent to an activating group) is 1. The predicted molar refractivity (Wildman–Crippen MR) is 146 cm³/mol. The molecule has 0 spiro atoms. The monoisotopic (exact) mass is 539 g/mol. The molecule has 3 aromatic rings. The molecule has 9 nitrogen and oxygen atoms in total. The van der Waals surface area contributed by atoms with Gasteiger partial charge in [0.2, 0.25) is 11.8 Å². The number of ether oxygens (including phenoxy) is 2. The fourth-order valence-corrected chi connectivity index (χ4v) is 5.42. The third-order valence-electron chi connectivity index (χ3n) is 6.11. The first kappa shape index (κ1) is 28.5. The molecule has 0 aliphatic rings. The van der Waals surface area contributed by atoms with E-state index < -0.39 is 28.5 Å². The summed E-state index contributed by atoms with van der Waals surface area (Å²) in [6.45, 7) is 2.93. The van der Waals surface area contributed by atoms with Gasteiger partial charge >= 0.3 is 0 Å². The average molecular weight is 540 g/mol. The van der Waals surface area contributed by atoms with Crippen LogP contribution in [0.1, 0.15) is 18.1 Å². The molecule has 202 valence electrons. The van der Waals surface area contributed by atoms with E-state index >= 15 is 0 Å². The molecule has 1 N–H and O–H groups in total. The number of benzene rings is 3. The van der Waals surface area contributed by atoms with Crippen molar-refractivity contribution in [2.45, 2.75) is 31.3 Å². The van der Waals surface area contributed by atoms with Gasteiger partial charge in [0.05, 0.1) is 24.8 Å². The maximum Gasteiger partial charge on any atom is 0.264 e. The Kier molecular flexibility index (Phi) is 9.35. The normalized spacial score (nSPS) is 11.8. The summed E-state index contributed by atoms with van der Waals surface area (Å²) in [5, 5.41) is 2.57. The number of rotatable bonds is 11. The molecule has 0 radical (unpaired) electrons. The van der Waals surface area contributed by atoms with Gasteiger partial charge in [0.1, 0.15) is 24.1 Å². The van der Waals surface area contributed by atoms with Crippen molar-refractivity contribution in [1.82, 2.24) is 10.2 Å².